The number of amides is 1. The molecule has 0 spiro atoms. The minimum atomic E-state index is -3.52. The van der Waals surface area contributed by atoms with Gasteiger partial charge in [-0.2, -0.15) is 4.98 Å². The van der Waals surface area contributed by atoms with Crippen molar-refractivity contribution in [2.75, 3.05) is 45.0 Å². The number of sulfone groups is 2. The van der Waals surface area contributed by atoms with E-state index in [0.29, 0.717) is 60.3 Å². The van der Waals surface area contributed by atoms with Gasteiger partial charge in [-0.05, 0) is 173 Å². The summed E-state index contributed by atoms with van der Waals surface area (Å²) in [4.78, 5) is 18.9. The number of aromatic nitrogens is 1. The van der Waals surface area contributed by atoms with Crippen LogP contribution in [0.15, 0.2) is 202 Å². The van der Waals surface area contributed by atoms with Gasteiger partial charge in [0.15, 0.2) is 25.3 Å². The number of piperidine rings is 1. The molecule has 9 aromatic rings. The lowest BCUT2D eigenvalue weighted by Gasteiger charge is -2.26. The number of rotatable bonds is 18. The Balaban J connectivity index is 0.000000182. The monoisotopic (exact) mass is 1310 g/mol. The number of carbonyl (C=O) groups is 1. The molecule has 1 N–H and O–H groups in total. The first-order valence-corrected chi connectivity index (χ1v) is 35.3. The molecular weight excluding hydrogens is 1220 g/mol. The predicted molar refractivity (Wildman–Crippen MR) is 374 cm³/mol. The molecule has 0 aliphatic carbocycles. The van der Waals surface area contributed by atoms with Crippen molar-refractivity contribution in [2.45, 2.75) is 134 Å². The number of likely N-dealkylation sites (tertiary alicyclic amines) is 1. The summed E-state index contributed by atoms with van der Waals surface area (Å²) in [7, 11) is -5.06. The quantitative estimate of drug-likeness (QED) is 0.0817. The lowest BCUT2D eigenvalue weighted by atomic mass is 10.0. The van der Waals surface area contributed by atoms with Crippen molar-refractivity contribution in [1.29, 1.82) is 0 Å². The summed E-state index contributed by atoms with van der Waals surface area (Å²) in [5.74, 6) is 4.74. The maximum atomic E-state index is 12.5. The van der Waals surface area contributed by atoms with Crippen molar-refractivity contribution >= 4 is 71.6 Å². The minimum absolute atomic E-state index is 0.0737. The highest BCUT2D eigenvalue weighted by atomic mass is 35.5. The number of benzene rings is 8. The van der Waals surface area contributed by atoms with Gasteiger partial charge in [0.25, 0.3) is 11.9 Å². The van der Waals surface area contributed by atoms with Gasteiger partial charge in [0.2, 0.25) is 0 Å². The maximum Gasteiger partial charge on any atom is 0.300 e. The number of halogens is 2. The number of fused-ring (bicyclic) bond motifs is 1. The molecule has 16 heteroatoms. The number of oxazole rings is 1. The Morgan fingerprint density at radius 1 is 0.560 bits per heavy atom. The van der Waals surface area contributed by atoms with Gasteiger partial charge in [0.1, 0.15) is 29.4 Å². The minimum Gasteiger partial charge on any atom is -0.491 e. The molecule has 12 nitrogen and oxygen atoms in total. The number of carbonyl (C=O) groups excluding carboxylic acids is 1. The Labute approximate surface area is 551 Å². The van der Waals surface area contributed by atoms with Gasteiger partial charge in [-0.25, -0.2) is 16.8 Å². The van der Waals surface area contributed by atoms with Crippen LogP contribution in [0.1, 0.15) is 162 Å². The van der Waals surface area contributed by atoms with Crippen LogP contribution in [-0.2, 0) is 30.2 Å². The third-order valence-electron chi connectivity index (χ3n) is 15.0. The van der Waals surface area contributed by atoms with Crippen molar-refractivity contribution in [3.8, 4) is 17.2 Å². The number of anilines is 2. The van der Waals surface area contributed by atoms with Gasteiger partial charge in [-0.3, -0.25) is 4.79 Å². The first-order valence-electron chi connectivity index (χ1n) is 31.0. The standard InChI is InChI=1S/C16H16Cl2O2S.C16H16N2O.C16H18O3S.C15H21NO.C12H18O2/c1-11(2)13-8-6-12(7-9-13)10-21(19,20)15-5-3-4-14(17)16(15)18;1-11(2)12-7-9-13(10-8-12)17-16-18-14-5-3-4-6-15(14)19-16;1-12(2)13-7-9-14(10-8-13)19-15-5-4-6-16(11-15)20(3,17)18;1-12(2)13-6-8-14(9-7-13)15(17)16-10-4-3-5-11-16;1-10(2)11-4-6-12(7-5-11)14-9-8-13-3/h3-9,11H,10H2,1-2H3;3-11H,1-2H3,(H,17,18);4-12H,1-3H3;6-9,12H,3-5,10-11H2,1-2H3;4-7,10H,8-9H2,1-3H3. The third-order valence-corrected chi connectivity index (χ3v) is 18.7. The molecule has 0 radical (unpaired) electrons. The Kier molecular flexibility index (Phi) is 28.2. The first-order chi connectivity index (χ1) is 43.3. The Bertz CT molecular complexity index is 3870. The molecule has 2 heterocycles. The fraction of sp³-hybridized carbons (Fsp3) is 0.333. The van der Waals surface area contributed by atoms with Crippen molar-refractivity contribution in [2.24, 2.45) is 0 Å². The highest BCUT2D eigenvalue weighted by Crippen LogP contribution is 2.32. The van der Waals surface area contributed by atoms with E-state index in [1.807, 2.05) is 114 Å². The average molecular weight is 1310 g/mol. The number of nitrogens with one attached hydrogen (secondary N) is 1. The van der Waals surface area contributed by atoms with Crippen LogP contribution in [0.4, 0.5) is 11.7 Å². The van der Waals surface area contributed by atoms with E-state index in [1.54, 1.807) is 37.4 Å². The van der Waals surface area contributed by atoms with Gasteiger partial charge >= 0.3 is 0 Å². The first kappa shape index (κ1) is 72.6. The van der Waals surface area contributed by atoms with Crippen LogP contribution < -0.4 is 14.8 Å². The summed E-state index contributed by atoms with van der Waals surface area (Å²) in [5, 5.41) is 3.51. The van der Waals surface area contributed by atoms with E-state index in [1.165, 1.54) is 52.6 Å². The van der Waals surface area contributed by atoms with Crippen LogP contribution in [0, 0.1) is 0 Å². The molecule has 0 atom stereocenters. The zero-order chi connectivity index (χ0) is 66.3. The second-order valence-corrected chi connectivity index (χ2v) is 28.6. The van der Waals surface area contributed by atoms with Gasteiger partial charge in [-0.1, -0.05) is 190 Å². The van der Waals surface area contributed by atoms with Gasteiger partial charge in [0, 0.05) is 37.7 Å². The number of para-hydroxylation sites is 2. The lowest BCUT2D eigenvalue weighted by Crippen LogP contribution is -2.35. The summed E-state index contributed by atoms with van der Waals surface area (Å²) in [5.41, 5.74) is 10.6. The molecule has 0 unspecified atom stereocenters. The van der Waals surface area contributed by atoms with Crippen LogP contribution in [0.5, 0.6) is 17.2 Å². The zero-order valence-corrected chi connectivity index (χ0v) is 57.7. The number of hydrogen-bond acceptors (Lipinski definition) is 11. The number of nitrogens with zero attached hydrogens (tertiary/aromatic N) is 2. The molecule has 1 aliphatic rings. The fourth-order valence-corrected chi connectivity index (χ4v) is 12.1. The lowest BCUT2D eigenvalue weighted by molar-refractivity contribution is 0.0724. The van der Waals surface area contributed by atoms with E-state index in [-0.39, 0.29) is 31.5 Å². The highest BCUT2D eigenvalue weighted by molar-refractivity contribution is 7.91. The molecule has 0 bridgehead atoms. The summed E-state index contributed by atoms with van der Waals surface area (Å²) in [6.45, 7) is 24.6. The van der Waals surface area contributed by atoms with Gasteiger partial charge in [0.05, 0.1) is 32.2 Å². The maximum absolute atomic E-state index is 12.5. The van der Waals surface area contributed by atoms with E-state index in [9.17, 15) is 21.6 Å². The third kappa shape index (κ3) is 23.3. The topological polar surface area (TPSA) is 154 Å². The number of hydrogen-bond donors (Lipinski definition) is 1. The van der Waals surface area contributed by atoms with E-state index in [2.05, 4.69) is 116 Å². The molecule has 1 aliphatic heterocycles. The Morgan fingerprint density at radius 2 is 1.05 bits per heavy atom. The van der Waals surface area contributed by atoms with E-state index in [0.717, 1.165) is 59.6 Å². The largest absolute Gasteiger partial charge is 0.491 e. The average Bonchev–Trinajstić information content (AvgIpc) is 2.33. The van der Waals surface area contributed by atoms with Crippen LogP contribution in [-0.4, -0.2) is 72.3 Å². The van der Waals surface area contributed by atoms with Crippen LogP contribution in [0.2, 0.25) is 10.0 Å². The molecule has 1 aromatic heterocycles. The molecule has 484 valence electrons. The van der Waals surface area contributed by atoms with Crippen molar-refractivity contribution < 1.29 is 40.3 Å². The van der Waals surface area contributed by atoms with Crippen molar-refractivity contribution in [3.63, 3.8) is 0 Å². The molecule has 1 fully saturated rings. The van der Waals surface area contributed by atoms with Crippen LogP contribution in [0.3, 0.4) is 0 Å². The predicted octanol–water partition coefficient (Wildman–Crippen LogP) is 20.1. The second kappa shape index (κ2) is 35.4. The summed E-state index contributed by atoms with van der Waals surface area (Å²) in [6, 6.07) is 59.4. The summed E-state index contributed by atoms with van der Waals surface area (Å²) >= 11 is 11.9. The number of methoxy groups -OCH3 is 1. The Morgan fingerprint density at radius 3 is 1.57 bits per heavy atom. The molecular formula is C75H89Cl2N3O9S2. The van der Waals surface area contributed by atoms with E-state index in [4.69, 9.17) is 41.8 Å². The van der Waals surface area contributed by atoms with Gasteiger partial charge < -0.3 is 28.8 Å². The smallest absolute Gasteiger partial charge is 0.300 e. The van der Waals surface area contributed by atoms with Crippen LogP contribution >= 0.6 is 23.2 Å². The van der Waals surface area contributed by atoms with Crippen molar-refractivity contribution in [3.05, 3.63) is 237 Å². The normalized spacial score (nSPS) is 12.3. The zero-order valence-electron chi connectivity index (χ0n) is 54.6. The summed E-state index contributed by atoms with van der Waals surface area (Å²) in [6.07, 6.45) is 4.74. The second-order valence-electron chi connectivity index (χ2n) is 23.9. The molecule has 1 amide bonds. The molecule has 1 saturated heterocycles. The SMILES string of the molecule is CC(C)c1ccc(C(=O)N2CCCCC2)cc1.CC(C)c1ccc(CS(=O)(=O)c2cccc(Cl)c2Cl)cc1.CC(C)c1ccc(Nc2nc3ccccc3o2)cc1.CC(C)c1ccc(Oc2cccc(S(C)(=O)=O)c2)cc1.COCCOc1ccc(C(C)C)cc1. The number of ether oxygens (including phenoxy) is 3. The molecule has 10 rings (SSSR count). The molecule has 91 heavy (non-hydrogen) atoms. The highest BCUT2D eigenvalue weighted by Gasteiger charge is 2.21. The van der Waals surface area contributed by atoms with Crippen molar-refractivity contribution in [1.82, 2.24) is 9.88 Å². The Hall–Kier alpha value is -7.46. The van der Waals surface area contributed by atoms with Gasteiger partial charge in [-0.15, -0.1) is 0 Å². The van der Waals surface area contributed by atoms with Crippen LogP contribution in [0.25, 0.3) is 11.1 Å². The van der Waals surface area contributed by atoms with E-state index >= 15 is 0 Å². The summed E-state index contributed by atoms with van der Waals surface area (Å²) < 4.78 is 69.6. The fourth-order valence-electron chi connectivity index (χ4n) is 9.33. The molecule has 0 saturated carbocycles. The molecule has 8 aromatic carbocycles. The van der Waals surface area contributed by atoms with E-state index < -0.39 is 19.7 Å².